The van der Waals surface area contributed by atoms with Gasteiger partial charge in [-0.15, -0.1) is 0 Å². The summed E-state index contributed by atoms with van der Waals surface area (Å²) in [6.45, 7) is 3.61. The molecule has 5 nitrogen and oxygen atoms in total. The summed E-state index contributed by atoms with van der Waals surface area (Å²) in [5.41, 5.74) is 3.49. The van der Waals surface area contributed by atoms with E-state index >= 15 is 0 Å². The Morgan fingerprint density at radius 3 is 2.44 bits per heavy atom. The summed E-state index contributed by atoms with van der Waals surface area (Å²) in [6.07, 6.45) is 1.51. The van der Waals surface area contributed by atoms with Crippen molar-refractivity contribution in [3.05, 3.63) is 70.6 Å². The van der Waals surface area contributed by atoms with Gasteiger partial charge in [0.1, 0.15) is 0 Å². The van der Waals surface area contributed by atoms with E-state index in [4.69, 9.17) is 0 Å². The fourth-order valence-corrected chi connectivity index (χ4v) is 3.04. The van der Waals surface area contributed by atoms with Gasteiger partial charge in [-0.25, -0.2) is 8.42 Å². The third kappa shape index (κ3) is 5.27. The number of sulfonamides is 1. The quantitative estimate of drug-likeness (QED) is 0.862. The van der Waals surface area contributed by atoms with Gasteiger partial charge in [0.2, 0.25) is 15.9 Å². The number of hydrogen-bond donors (Lipinski definition) is 1. The molecule has 0 aliphatic carbocycles. The highest BCUT2D eigenvalue weighted by atomic mass is 32.2. The van der Waals surface area contributed by atoms with Gasteiger partial charge in [0.15, 0.2) is 0 Å². The van der Waals surface area contributed by atoms with Gasteiger partial charge in [-0.2, -0.15) is 4.31 Å². The van der Waals surface area contributed by atoms with Gasteiger partial charge < -0.3 is 5.32 Å². The molecular formula is C19H22N2O3S. The lowest BCUT2D eigenvalue weighted by molar-refractivity contribution is -0.116. The zero-order valence-electron chi connectivity index (χ0n) is 14.6. The zero-order valence-corrected chi connectivity index (χ0v) is 15.4. The number of hydrogen-bond acceptors (Lipinski definition) is 3. The maximum Gasteiger partial charge on any atom is 0.239 e. The lowest BCUT2D eigenvalue weighted by Gasteiger charge is -2.15. The summed E-state index contributed by atoms with van der Waals surface area (Å²) >= 11 is 0. The van der Waals surface area contributed by atoms with Gasteiger partial charge in [0, 0.05) is 18.1 Å². The number of aryl methyl sites for hydroxylation is 1. The molecule has 0 spiro atoms. The Morgan fingerprint density at radius 2 is 1.76 bits per heavy atom. The molecular weight excluding hydrogens is 336 g/mol. The first-order chi connectivity index (χ1) is 11.8. The molecule has 132 valence electrons. The number of carbonyl (C=O) groups is 1. The van der Waals surface area contributed by atoms with Crippen molar-refractivity contribution in [1.82, 2.24) is 4.31 Å². The first kappa shape index (κ1) is 18.9. The average molecular weight is 358 g/mol. The van der Waals surface area contributed by atoms with Crippen LogP contribution in [0.25, 0.3) is 6.08 Å². The zero-order chi connectivity index (χ0) is 18.4. The van der Waals surface area contributed by atoms with Crippen LogP contribution in [0.4, 0.5) is 5.69 Å². The van der Waals surface area contributed by atoms with E-state index in [-0.39, 0.29) is 12.5 Å². The predicted octanol–water partition coefficient (Wildman–Crippen LogP) is 3.17. The Bertz CT molecular complexity index is 875. The molecule has 0 aliphatic rings. The lowest BCUT2D eigenvalue weighted by Crippen LogP contribution is -2.33. The molecule has 0 fully saturated rings. The van der Waals surface area contributed by atoms with Crippen molar-refractivity contribution in [1.29, 1.82) is 0 Å². The second-order valence-electron chi connectivity index (χ2n) is 5.81. The molecule has 0 saturated heterocycles. The summed E-state index contributed by atoms with van der Waals surface area (Å²) in [4.78, 5) is 12.2. The normalized spacial score (nSPS) is 11.8. The number of benzene rings is 2. The monoisotopic (exact) mass is 358 g/mol. The second kappa shape index (κ2) is 8.09. The van der Waals surface area contributed by atoms with Crippen molar-refractivity contribution >= 4 is 27.7 Å². The van der Waals surface area contributed by atoms with E-state index < -0.39 is 10.0 Å². The Kier molecular flexibility index (Phi) is 6.12. The summed E-state index contributed by atoms with van der Waals surface area (Å²) in [7, 11) is -2.29. The summed E-state index contributed by atoms with van der Waals surface area (Å²) < 4.78 is 25.6. The third-order valence-corrected chi connectivity index (χ3v) is 5.39. The second-order valence-corrected chi connectivity index (χ2v) is 7.74. The minimum absolute atomic E-state index is 0.255. The number of anilines is 1. The minimum Gasteiger partial charge on any atom is -0.325 e. The highest BCUT2D eigenvalue weighted by molar-refractivity contribution is 7.92. The van der Waals surface area contributed by atoms with Gasteiger partial charge in [0.05, 0.1) is 6.54 Å². The van der Waals surface area contributed by atoms with E-state index in [0.717, 1.165) is 26.4 Å². The number of carbonyl (C=O) groups excluding carboxylic acids is 1. The van der Waals surface area contributed by atoms with Crippen molar-refractivity contribution in [2.45, 2.75) is 13.8 Å². The summed E-state index contributed by atoms with van der Waals surface area (Å²) in [5.74, 6) is -0.382. The van der Waals surface area contributed by atoms with E-state index in [1.54, 1.807) is 18.2 Å². The average Bonchev–Trinajstić information content (AvgIpc) is 2.58. The third-order valence-electron chi connectivity index (χ3n) is 3.91. The molecule has 0 aliphatic heterocycles. The van der Waals surface area contributed by atoms with Crippen LogP contribution in [-0.2, 0) is 14.8 Å². The van der Waals surface area contributed by atoms with Crippen molar-refractivity contribution in [3.63, 3.8) is 0 Å². The molecule has 25 heavy (non-hydrogen) atoms. The smallest absolute Gasteiger partial charge is 0.239 e. The maximum absolute atomic E-state index is 12.3. The van der Waals surface area contributed by atoms with Crippen LogP contribution >= 0.6 is 0 Å². The van der Waals surface area contributed by atoms with Crippen LogP contribution in [0.3, 0.4) is 0 Å². The number of amides is 1. The predicted molar refractivity (Wildman–Crippen MR) is 102 cm³/mol. The van der Waals surface area contributed by atoms with Gasteiger partial charge in [-0.05, 0) is 42.7 Å². The number of nitrogens with zero attached hydrogens (tertiary/aromatic N) is 1. The van der Waals surface area contributed by atoms with Crippen LogP contribution in [0, 0.1) is 13.8 Å². The van der Waals surface area contributed by atoms with Crippen LogP contribution in [0.1, 0.15) is 16.7 Å². The molecule has 6 heteroatoms. The molecule has 0 bridgehead atoms. The molecule has 2 aromatic rings. The SMILES string of the molecule is Cc1cccc(NC(=O)CN(C)S(=O)(=O)/C=C/c2ccccc2)c1C. The van der Waals surface area contributed by atoms with Crippen LogP contribution in [0.5, 0.6) is 0 Å². The maximum atomic E-state index is 12.3. The summed E-state index contributed by atoms with van der Waals surface area (Å²) in [5, 5.41) is 3.86. The standard InChI is InChI=1S/C19H22N2O3S/c1-15-8-7-11-18(16(15)2)20-19(22)14-21(3)25(23,24)13-12-17-9-5-4-6-10-17/h4-13H,14H2,1-3H3,(H,20,22)/b13-12+. The summed E-state index contributed by atoms with van der Waals surface area (Å²) in [6, 6.07) is 14.7. The van der Waals surface area contributed by atoms with Crippen molar-refractivity contribution in [2.75, 3.05) is 18.9 Å². The Morgan fingerprint density at radius 1 is 1.08 bits per heavy atom. The van der Waals surface area contributed by atoms with Crippen LogP contribution in [0.15, 0.2) is 53.9 Å². The minimum atomic E-state index is -3.67. The van der Waals surface area contributed by atoms with E-state index in [1.807, 2.05) is 44.2 Å². The molecule has 1 amide bonds. The van der Waals surface area contributed by atoms with E-state index in [1.165, 1.54) is 13.1 Å². The molecule has 1 N–H and O–H groups in total. The van der Waals surface area contributed by atoms with Gasteiger partial charge in [-0.3, -0.25) is 4.79 Å². The van der Waals surface area contributed by atoms with Crippen molar-refractivity contribution < 1.29 is 13.2 Å². The molecule has 0 saturated carbocycles. The van der Waals surface area contributed by atoms with E-state index in [2.05, 4.69) is 5.32 Å². The number of nitrogens with one attached hydrogen (secondary N) is 1. The Labute approximate surface area is 149 Å². The van der Waals surface area contributed by atoms with Crippen molar-refractivity contribution in [3.8, 4) is 0 Å². The first-order valence-electron chi connectivity index (χ1n) is 7.85. The molecule has 0 heterocycles. The van der Waals surface area contributed by atoms with E-state index in [9.17, 15) is 13.2 Å². The van der Waals surface area contributed by atoms with Crippen molar-refractivity contribution in [2.24, 2.45) is 0 Å². The molecule has 0 aromatic heterocycles. The van der Waals surface area contributed by atoms with Crippen LogP contribution < -0.4 is 5.32 Å². The van der Waals surface area contributed by atoms with Gasteiger partial charge >= 0.3 is 0 Å². The van der Waals surface area contributed by atoms with Crippen LogP contribution in [-0.4, -0.2) is 32.2 Å². The molecule has 0 atom stereocenters. The number of rotatable bonds is 6. The molecule has 0 unspecified atom stereocenters. The molecule has 2 aromatic carbocycles. The Hall–Kier alpha value is -2.44. The lowest BCUT2D eigenvalue weighted by atomic mass is 10.1. The van der Waals surface area contributed by atoms with Gasteiger partial charge in [0.25, 0.3) is 0 Å². The molecule has 2 rings (SSSR count). The van der Waals surface area contributed by atoms with E-state index in [0.29, 0.717) is 5.69 Å². The highest BCUT2D eigenvalue weighted by Gasteiger charge is 2.18. The van der Waals surface area contributed by atoms with Crippen LogP contribution in [0.2, 0.25) is 0 Å². The van der Waals surface area contributed by atoms with Gasteiger partial charge in [-0.1, -0.05) is 42.5 Å². The Balaban J connectivity index is 2.02. The fraction of sp³-hybridized carbons (Fsp3) is 0.211. The topological polar surface area (TPSA) is 66.5 Å². The number of likely N-dealkylation sites (N-methyl/N-ethyl adjacent to an activating group) is 1. The fourth-order valence-electron chi connectivity index (χ4n) is 2.20. The largest absolute Gasteiger partial charge is 0.325 e. The highest BCUT2D eigenvalue weighted by Crippen LogP contribution is 2.18. The molecule has 0 radical (unpaired) electrons. The first-order valence-corrected chi connectivity index (χ1v) is 9.35.